The molecule has 134 valence electrons. The molecule has 0 radical (unpaired) electrons. The Kier molecular flexibility index (Phi) is 6.31. The van der Waals surface area contributed by atoms with Gasteiger partial charge >= 0.3 is 5.97 Å². The second-order valence-electron chi connectivity index (χ2n) is 5.44. The third-order valence-corrected chi connectivity index (χ3v) is 5.86. The third-order valence-electron chi connectivity index (χ3n) is 3.61. The van der Waals surface area contributed by atoms with Crippen molar-refractivity contribution in [1.82, 2.24) is 4.31 Å². The van der Waals surface area contributed by atoms with Gasteiger partial charge in [-0.05, 0) is 29.8 Å². The Bertz CT molecular complexity index is 869. The Morgan fingerprint density at radius 2 is 1.84 bits per heavy atom. The first-order chi connectivity index (χ1) is 11.7. The average molecular weight is 430 g/mol. The van der Waals surface area contributed by atoms with Crippen LogP contribution < -0.4 is 0 Å². The minimum atomic E-state index is -3.69. The molecule has 0 aliphatic heterocycles. The van der Waals surface area contributed by atoms with Crippen LogP contribution in [0, 0.1) is 5.82 Å². The number of esters is 1. The minimum Gasteiger partial charge on any atom is -0.465 e. The predicted molar refractivity (Wildman–Crippen MR) is 96.0 cm³/mol. The number of halogens is 2. The van der Waals surface area contributed by atoms with E-state index in [4.69, 9.17) is 0 Å². The lowest BCUT2D eigenvalue weighted by atomic mass is 10.1. The lowest BCUT2D eigenvalue weighted by molar-refractivity contribution is 0.0600. The van der Waals surface area contributed by atoms with Gasteiger partial charge in [-0.3, -0.25) is 0 Å². The molecule has 2 rings (SSSR count). The maximum atomic E-state index is 13.9. The minimum absolute atomic E-state index is 0.107. The van der Waals surface area contributed by atoms with E-state index in [2.05, 4.69) is 20.7 Å². The van der Waals surface area contributed by atoms with Gasteiger partial charge in [0.05, 0.1) is 18.4 Å². The number of methoxy groups -OCH3 is 1. The van der Waals surface area contributed by atoms with Crippen molar-refractivity contribution in [3.05, 3.63) is 69.4 Å². The van der Waals surface area contributed by atoms with Crippen molar-refractivity contribution in [2.45, 2.75) is 12.3 Å². The monoisotopic (exact) mass is 429 g/mol. The van der Waals surface area contributed by atoms with Crippen molar-refractivity contribution in [1.29, 1.82) is 0 Å². The van der Waals surface area contributed by atoms with Gasteiger partial charge in [-0.25, -0.2) is 21.9 Å². The molecular weight excluding hydrogens is 413 g/mol. The Hall–Kier alpha value is -1.77. The van der Waals surface area contributed by atoms with Crippen molar-refractivity contribution in [3.63, 3.8) is 0 Å². The zero-order valence-corrected chi connectivity index (χ0v) is 16.1. The van der Waals surface area contributed by atoms with E-state index < -0.39 is 27.6 Å². The standard InChI is InChI=1S/C17H17BrFNO4S/c1-20(10-12-3-5-13(6-4-12)17(21)24-2)25(22,23)11-14-7-8-15(18)9-16(14)19/h3-9H,10-11H2,1-2H3. The zero-order valence-electron chi connectivity index (χ0n) is 13.7. The van der Waals surface area contributed by atoms with Crippen LogP contribution in [0.3, 0.4) is 0 Å². The van der Waals surface area contributed by atoms with Crippen LogP contribution in [0.4, 0.5) is 4.39 Å². The first-order valence-corrected chi connectivity index (χ1v) is 9.68. The van der Waals surface area contributed by atoms with E-state index >= 15 is 0 Å². The molecule has 0 bridgehead atoms. The molecule has 0 heterocycles. The molecule has 8 heteroatoms. The lowest BCUT2D eigenvalue weighted by Gasteiger charge is -2.17. The maximum absolute atomic E-state index is 13.9. The van der Waals surface area contributed by atoms with E-state index in [0.717, 1.165) is 4.31 Å². The molecule has 2 aromatic rings. The number of hydrogen-bond donors (Lipinski definition) is 0. The normalized spacial score (nSPS) is 11.6. The number of hydrogen-bond acceptors (Lipinski definition) is 4. The SMILES string of the molecule is COC(=O)c1ccc(CN(C)S(=O)(=O)Cc2ccc(Br)cc2F)cc1. The summed E-state index contributed by atoms with van der Waals surface area (Å²) in [6, 6.07) is 10.7. The number of rotatable bonds is 6. The molecule has 0 fully saturated rings. The molecule has 0 amide bonds. The Morgan fingerprint density at radius 1 is 1.20 bits per heavy atom. The number of benzene rings is 2. The van der Waals surface area contributed by atoms with Gasteiger partial charge < -0.3 is 4.74 Å². The summed E-state index contributed by atoms with van der Waals surface area (Å²) in [7, 11) is -0.971. The molecular formula is C17H17BrFNO4S. The van der Waals surface area contributed by atoms with Gasteiger partial charge in [0.2, 0.25) is 10.0 Å². The summed E-state index contributed by atoms with van der Waals surface area (Å²) in [5.41, 5.74) is 1.19. The van der Waals surface area contributed by atoms with Crippen molar-refractivity contribution >= 4 is 31.9 Å². The smallest absolute Gasteiger partial charge is 0.337 e. The second kappa shape index (κ2) is 8.07. The first-order valence-electron chi connectivity index (χ1n) is 7.28. The fraction of sp³-hybridized carbons (Fsp3) is 0.235. The molecule has 0 aliphatic rings. The van der Waals surface area contributed by atoms with Crippen LogP contribution in [0.15, 0.2) is 46.9 Å². The summed E-state index contributed by atoms with van der Waals surface area (Å²) < 4.78 is 45.1. The number of carbonyl (C=O) groups excluding carboxylic acids is 1. The van der Waals surface area contributed by atoms with E-state index in [1.165, 1.54) is 26.3 Å². The highest BCUT2D eigenvalue weighted by molar-refractivity contribution is 9.10. The summed E-state index contributed by atoms with van der Waals surface area (Å²) in [6.45, 7) is 0.113. The highest BCUT2D eigenvalue weighted by Crippen LogP contribution is 2.19. The van der Waals surface area contributed by atoms with Gasteiger partial charge in [-0.1, -0.05) is 34.1 Å². The highest BCUT2D eigenvalue weighted by Gasteiger charge is 2.21. The van der Waals surface area contributed by atoms with Gasteiger partial charge in [0.15, 0.2) is 0 Å². The van der Waals surface area contributed by atoms with E-state index in [1.54, 1.807) is 30.3 Å². The van der Waals surface area contributed by atoms with Crippen LogP contribution in [-0.2, 0) is 27.1 Å². The van der Waals surface area contributed by atoms with E-state index in [-0.39, 0.29) is 12.1 Å². The van der Waals surface area contributed by atoms with E-state index in [9.17, 15) is 17.6 Å². The maximum Gasteiger partial charge on any atom is 0.337 e. The quantitative estimate of drug-likeness (QED) is 0.660. The largest absolute Gasteiger partial charge is 0.465 e. The van der Waals surface area contributed by atoms with Crippen molar-refractivity contribution in [3.8, 4) is 0 Å². The van der Waals surface area contributed by atoms with Crippen LogP contribution in [0.1, 0.15) is 21.5 Å². The molecule has 0 atom stereocenters. The van der Waals surface area contributed by atoms with Gasteiger partial charge in [0.1, 0.15) is 5.82 Å². The van der Waals surface area contributed by atoms with Crippen LogP contribution in [0.25, 0.3) is 0 Å². The molecule has 0 saturated heterocycles. The van der Waals surface area contributed by atoms with Gasteiger partial charge in [-0.2, -0.15) is 0 Å². The van der Waals surface area contributed by atoms with Gasteiger partial charge in [0, 0.05) is 23.6 Å². The third kappa shape index (κ3) is 5.10. The summed E-state index contributed by atoms with van der Waals surface area (Å²) in [5.74, 6) is -1.46. The van der Waals surface area contributed by atoms with Crippen LogP contribution in [-0.4, -0.2) is 32.8 Å². The molecule has 0 unspecified atom stereocenters. The lowest BCUT2D eigenvalue weighted by Crippen LogP contribution is -2.28. The van der Waals surface area contributed by atoms with Crippen LogP contribution >= 0.6 is 15.9 Å². The fourth-order valence-electron chi connectivity index (χ4n) is 2.16. The number of ether oxygens (including phenoxy) is 1. The molecule has 0 N–H and O–H groups in total. The number of nitrogens with zero attached hydrogens (tertiary/aromatic N) is 1. The van der Waals surface area contributed by atoms with Crippen LogP contribution in [0.2, 0.25) is 0 Å². The topological polar surface area (TPSA) is 63.7 Å². The Labute approximate surface area is 154 Å². The molecule has 5 nitrogen and oxygen atoms in total. The molecule has 0 saturated carbocycles. The van der Waals surface area contributed by atoms with Crippen molar-refractivity contribution in [2.75, 3.05) is 14.2 Å². The summed E-state index contributed by atoms with van der Waals surface area (Å²) in [6.07, 6.45) is 0. The van der Waals surface area contributed by atoms with Crippen molar-refractivity contribution in [2.24, 2.45) is 0 Å². The molecule has 25 heavy (non-hydrogen) atoms. The Morgan fingerprint density at radius 3 is 2.40 bits per heavy atom. The summed E-state index contributed by atoms with van der Waals surface area (Å²) in [4.78, 5) is 11.4. The molecule has 0 spiro atoms. The molecule has 0 aliphatic carbocycles. The zero-order chi connectivity index (χ0) is 18.6. The first kappa shape index (κ1) is 19.6. The van der Waals surface area contributed by atoms with E-state index in [1.807, 2.05) is 0 Å². The summed E-state index contributed by atoms with van der Waals surface area (Å²) >= 11 is 3.14. The Balaban J connectivity index is 2.10. The fourth-order valence-corrected chi connectivity index (χ4v) is 3.69. The highest BCUT2D eigenvalue weighted by atomic mass is 79.9. The van der Waals surface area contributed by atoms with Gasteiger partial charge in [-0.15, -0.1) is 0 Å². The summed E-state index contributed by atoms with van der Waals surface area (Å²) in [5, 5.41) is 0. The second-order valence-corrected chi connectivity index (χ2v) is 8.43. The van der Waals surface area contributed by atoms with Gasteiger partial charge in [0.25, 0.3) is 0 Å². The number of carbonyl (C=O) groups is 1. The molecule has 0 aromatic heterocycles. The molecule has 2 aromatic carbocycles. The van der Waals surface area contributed by atoms with E-state index in [0.29, 0.717) is 15.6 Å². The van der Waals surface area contributed by atoms with Crippen LogP contribution in [0.5, 0.6) is 0 Å². The van der Waals surface area contributed by atoms with Crippen molar-refractivity contribution < 1.29 is 22.3 Å². The predicted octanol–water partition coefficient (Wildman–Crippen LogP) is 3.34. The average Bonchev–Trinajstić information content (AvgIpc) is 2.57. The number of sulfonamides is 1.